The number of amides is 3. The molecule has 2 aliphatic heterocycles. The van der Waals surface area contributed by atoms with Gasteiger partial charge in [-0.1, -0.05) is 12.1 Å². The van der Waals surface area contributed by atoms with Crippen LogP contribution >= 0.6 is 0 Å². The van der Waals surface area contributed by atoms with Crippen LogP contribution in [0.1, 0.15) is 45.1 Å². The van der Waals surface area contributed by atoms with E-state index in [0.29, 0.717) is 18.5 Å². The van der Waals surface area contributed by atoms with E-state index in [-0.39, 0.29) is 17.7 Å². The Bertz CT molecular complexity index is 1040. The van der Waals surface area contributed by atoms with E-state index in [1.807, 2.05) is 57.2 Å². The van der Waals surface area contributed by atoms with Crippen molar-refractivity contribution in [3.8, 4) is 0 Å². The molecule has 34 heavy (non-hydrogen) atoms. The number of carbonyl (C=O) groups excluding carboxylic acids is 3. The normalized spacial score (nSPS) is 19.0. The van der Waals surface area contributed by atoms with Gasteiger partial charge in [0, 0.05) is 49.7 Å². The monoisotopic (exact) mass is 464 g/mol. The van der Waals surface area contributed by atoms with E-state index in [0.717, 1.165) is 43.1 Å². The molecule has 2 aliphatic rings. The van der Waals surface area contributed by atoms with Gasteiger partial charge in [-0.15, -0.1) is 0 Å². The molecule has 2 fully saturated rings. The fraction of sp³-hybridized carbons (Fsp3) is 0.423. The minimum Gasteiger partial charge on any atom is -0.444 e. The number of piperazine rings is 1. The van der Waals surface area contributed by atoms with Crippen LogP contribution < -0.4 is 20.4 Å². The first kappa shape index (κ1) is 23.6. The number of nitrogens with one attached hydrogen (secondary N) is 2. The maximum Gasteiger partial charge on any atom is 0.412 e. The summed E-state index contributed by atoms with van der Waals surface area (Å²) < 4.78 is 5.29. The highest BCUT2D eigenvalue weighted by atomic mass is 16.6. The molecule has 0 radical (unpaired) electrons. The first-order valence-electron chi connectivity index (χ1n) is 11.7. The summed E-state index contributed by atoms with van der Waals surface area (Å²) in [5.41, 5.74) is 3.37. The molecular weight excluding hydrogens is 432 g/mol. The second-order valence-corrected chi connectivity index (χ2v) is 9.74. The first-order chi connectivity index (χ1) is 16.2. The second-order valence-electron chi connectivity index (χ2n) is 9.74. The minimum atomic E-state index is -0.533. The number of ether oxygens (including phenoxy) is 1. The largest absolute Gasteiger partial charge is 0.444 e. The van der Waals surface area contributed by atoms with Gasteiger partial charge >= 0.3 is 6.09 Å². The van der Waals surface area contributed by atoms with Crippen LogP contribution in [0.3, 0.4) is 0 Å². The van der Waals surface area contributed by atoms with Crippen molar-refractivity contribution in [2.75, 3.05) is 41.3 Å². The van der Waals surface area contributed by atoms with Gasteiger partial charge < -0.3 is 14.5 Å². The third-order valence-corrected chi connectivity index (χ3v) is 6.06. The molecule has 2 aromatic carbocycles. The Kier molecular flexibility index (Phi) is 6.77. The Morgan fingerprint density at radius 3 is 1.94 bits per heavy atom. The highest BCUT2D eigenvalue weighted by Gasteiger charge is 2.28. The lowest BCUT2D eigenvalue weighted by Gasteiger charge is -2.37. The number of nitrogens with zero attached hydrogens (tertiary/aromatic N) is 2. The van der Waals surface area contributed by atoms with E-state index in [1.54, 1.807) is 0 Å². The van der Waals surface area contributed by atoms with Gasteiger partial charge in [-0.3, -0.25) is 20.2 Å². The molecule has 2 aromatic rings. The zero-order chi connectivity index (χ0) is 24.3. The third-order valence-electron chi connectivity index (χ3n) is 6.06. The highest BCUT2D eigenvalue weighted by molar-refractivity contribution is 6.00. The predicted molar refractivity (Wildman–Crippen MR) is 132 cm³/mol. The van der Waals surface area contributed by atoms with Crippen LogP contribution in [0, 0.1) is 0 Å². The molecule has 2 heterocycles. The Balaban J connectivity index is 1.30. The second kappa shape index (κ2) is 9.75. The molecular formula is C26H32N4O4. The van der Waals surface area contributed by atoms with Crippen molar-refractivity contribution in [2.45, 2.75) is 45.1 Å². The van der Waals surface area contributed by atoms with Crippen molar-refractivity contribution < 1.29 is 19.1 Å². The van der Waals surface area contributed by atoms with Crippen molar-refractivity contribution in [3.63, 3.8) is 0 Å². The SMILES string of the molecule is CC(C)(C)OC(=O)Nc1ccc(N2CCN(c3ccc(C4CCC(=O)NC4=O)cc3)CC2)cc1. The third kappa shape index (κ3) is 5.87. The van der Waals surface area contributed by atoms with Crippen LogP contribution in [0.4, 0.5) is 21.9 Å². The summed E-state index contributed by atoms with van der Waals surface area (Å²) in [5.74, 6) is -0.647. The van der Waals surface area contributed by atoms with Crippen molar-refractivity contribution >= 4 is 35.0 Å². The van der Waals surface area contributed by atoms with Gasteiger partial charge in [-0.05, 0) is 69.2 Å². The number of anilines is 3. The fourth-order valence-corrected chi connectivity index (χ4v) is 4.33. The molecule has 8 heteroatoms. The lowest BCUT2D eigenvalue weighted by atomic mass is 9.90. The molecule has 0 bridgehead atoms. The van der Waals surface area contributed by atoms with E-state index in [9.17, 15) is 14.4 Å². The molecule has 3 amide bonds. The number of carbonyl (C=O) groups is 3. The van der Waals surface area contributed by atoms with Crippen LogP contribution in [0.5, 0.6) is 0 Å². The average Bonchev–Trinajstić information content (AvgIpc) is 2.79. The van der Waals surface area contributed by atoms with Gasteiger partial charge in [-0.25, -0.2) is 4.79 Å². The van der Waals surface area contributed by atoms with Crippen molar-refractivity contribution in [3.05, 3.63) is 54.1 Å². The van der Waals surface area contributed by atoms with Gasteiger partial charge in [0.15, 0.2) is 0 Å². The number of rotatable bonds is 4. The summed E-state index contributed by atoms with van der Waals surface area (Å²) >= 11 is 0. The molecule has 0 spiro atoms. The number of imide groups is 1. The molecule has 180 valence electrons. The minimum absolute atomic E-state index is 0.190. The zero-order valence-corrected chi connectivity index (χ0v) is 20.0. The number of benzene rings is 2. The van der Waals surface area contributed by atoms with Crippen molar-refractivity contribution in [1.29, 1.82) is 0 Å². The number of hydrogen-bond donors (Lipinski definition) is 2. The summed E-state index contributed by atoms with van der Waals surface area (Å²) in [5, 5.41) is 5.19. The standard InChI is InChI=1S/C26H32N4O4/c1-26(2,3)34-25(33)27-19-6-10-21(11-7-19)30-16-14-29(15-17-30)20-8-4-18(5-9-20)22-12-13-23(31)28-24(22)32/h4-11,22H,12-17H2,1-3H3,(H,27,33)(H,28,31,32). The molecule has 1 unspecified atom stereocenters. The van der Waals surface area contributed by atoms with E-state index in [2.05, 4.69) is 32.6 Å². The summed E-state index contributed by atoms with van der Waals surface area (Å²) in [6.45, 7) is 9.04. The maximum atomic E-state index is 12.1. The van der Waals surface area contributed by atoms with Gasteiger partial charge in [0.2, 0.25) is 11.8 Å². The fourth-order valence-electron chi connectivity index (χ4n) is 4.33. The Hall–Kier alpha value is -3.55. The van der Waals surface area contributed by atoms with Gasteiger partial charge in [0.25, 0.3) is 0 Å². The van der Waals surface area contributed by atoms with Crippen LogP contribution in [0.15, 0.2) is 48.5 Å². The topological polar surface area (TPSA) is 91.0 Å². The highest BCUT2D eigenvalue weighted by Crippen LogP contribution is 2.28. The van der Waals surface area contributed by atoms with Gasteiger partial charge in [-0.2, -0.15) is 0 Å². The smallest absolute Gasteiger partial charge is 0.412 e. The number of hydrogen-bond acceptors (Lipinski definition) is 6. The van der Waals surface area contributed by atoms with Crippen LogP contribution in [0.2, 0.25) is 0 Å². The van der Waals surface area contributed by atoms with E-state index >= 15 is 0 Å². The molecule has 8 nitrogen and oxygen atoms in total. The summed E-state index contributed by atoms with van der Waals surface area (Å²) in [6, 6.07) is 15.9. The predicted octanol–water partition coefficient (Wildman–Crippen LogP) is 3.88. The Morgan fingerprint density at radius 2 is 1.44 bits per heavy atom. The van der Waals surface area contributed by atoms with Crippen LogP contribution in [-0.2, 0) is 14.3 Å². The Labute approximate surface area is 200 Å². The maximum absolute atomic E-state index is 12.1. The molecule has 0 aromatic heterocycles. The zero-order valence-electron chi connectivity index (χ0n) is 20.0. The first-order valence-corrected chi connectivity index (χ1v) is 11.7. The Morgan fingerprint density at radius 1 is 0.912 bits per heavy atom. The molecule has 1 atom stereocenters. The quantitative estimate of drug-likeness (QED) is 0.668. The average molecular weight is 465 g/mol. The molecule has 4 rings (SSSR count). The van der Waals surface area contributed by atoms with E-state index in [1.165, 1.54) is 0 Å². The van der Waals surface area contributed by atoms with Gasteiger partial charge in [0.05, 0.1) is 5.92 Å². The van der Waals surface area contributed by atoms with E-state index in [4.69, 9.17) is 4.74 Å². The van der Waals surface area contributed by atoms with Crippen LogP contribution in [0.25, 0.3) is 0 Å². The molecule has 2 saturated heterocycles. The van der Waals surface area contributed by atoms with Crippen molar-refractivity contribution in [1.82, 2.24) is 5.32 Å². The summed E-state index contributed by atoms with van der Waals surface area (Å²) in [6.07, 6.45) is 0.491. The van der Waals surface area contributed by atoms with E-state index < -0.39 is 11.7 Å². The molecule has 0 aliphatic carbocycles. The molecule has 0 saturated carbocycles. The summed E-state index contributed by atoms with van der Waals surface area (Å²) in [7, 11) is 0. The van der Waals surface area contributed by atoms with Crippen LogP contribution in [-0.4, -0.2) is 49.7 Å². The summed E-state index contributed by atoms with van der Waals surface area (Å²) in [4.78, 5) is 40.1. The number of piperidine rings is 1. The van der Waals surface area contributed by atoms with Crippen molar-refractivity contribution in [2.24, 2.45) is 0 Å². The van der Waals surface area contributed by atoms with Gasteiger partial charge in [0.1, 0.15) is 5.60 Å². The lowest BCUT2D eigenvalue weighted by molar-refractivity contribution is -0.134. The molecule has 2 N–H and O–H groups in total. The lowest BCUT2D eigenvalue weighted by Crippen LogP contribution is -2.46.